The number of amides is 1. The van der Waals surface area contributed by atoms with Gasteiger partial charge in [-0.25, -0.2) is 0 Å². The van der Waals surface area contributed by atoms with Gasteiger partial charge < -0.3 is 23.6 Å². The summed E-state index contributed by atoms with van der Waals surface area (Å²) in [6.45, 7) is 1.94. The normalized spacial score (nSPS) is 10.9. The van der Waals surface area contributed by atoms with Crippen LogP contribution >= 0.6 is 0 Å². The van der Waals surface area contributed by atoms with E-state index >= 15 is 0 Å². The second-order valence-electron chi connectivity index (χ2n) is 6.82. The molecule has 0 atom stereocenters. The molecule has 0 saturated heterocycles. The Bertz CT molecular complexity index is 1220. The van der Waals surface area contributed by atoms with Crippen LogP contribution < -0.4 is 14.8 Å². The number of carbonyl (C=O) groups is 1. The first kappa shape index (κ1) is 20.9. The van der Waals surface area contributed by atoms with E-state index in [0.717, 1.165) is 17.1 Å². The van der Waals surface area contributed by atoms with Crippen LogP contribution in [0.4, 0.5) is 5.69 Å². The molecule has 0 bridgehead atoms. The Morgan fingerprint density at radius 2 is 1.88 bits per heavy atom. The Kier molecular flexibility index (Phi) is 6.31. The molecule has 4 aromatic rings. The molecule has 0 aliphatic rings. The van der Waals surface area contributed by atoms with Gasteiger partial charge in [0.1, 0.15) is 23.0 Å². The molecule has 0 aliphatic carbocycles. The van der Waals surface area contributed by atoms with Crippen LogP contribution in [0.25, 0.3) is 17.5 Å². The average Bonchev–Trinajstić information content (AvgIpc) is 3.45. The van der Waals surface area contributed by atoms with Crippen LogP contribution in [-0.4, -0.2) is 23.2 Å². The zero-order valence-corrected chi connectivity index (χ0v) is 17.6. The molecule has 2 aromatic heterocycles. The molecule has 4 rings (SSSR count). The maximum Gasteiger partial charge on any atom is 0.254 e. The summed E-state index contributed by atoms with van der Waals surface area (Å²) in [6, 6.07) is 18.0. The van der Waals surface area contributed by atoms with Crippen LogP contribution in [0.1, 0.15) is 17.4 Å². The lowest BCUT2D eigenvalue weighted by Crippen LogP contribution is -2.07. The van der Waals surface area contributed by atoms with Gasteiger partial charge in [-0.15, -0.1) is 10.2 Å². The van der Waals surface area contributed by atoms with E-state index in [9.17, 15) is 4.79 Å². The maximum absolute atomic E-state index is 12.1. The van der Waals surface area contributed by atoms with Gasteiger partial charge in [-0.1, -0.05) is 6.07 Å². The van der Waals surface area contributed by atoms with Crippen molar-refractivity contribution in [3.8, 4) is 23.0 Å². The molecular weight excluding hydrogens is 410 g/mol. The van der Waals surface area contributed by atoms with Crippen molar-refractivity contribution in [3.05, 3.63) is 84.2 Å². The van der Waals surface area contributed by atoms with Crippen LogP contribution in [0.2, 0.25) is 0 Å². The summed E-state index contributed by atoms with van der Waals surface area (Å²) in [6.07, 6.45) is 3.02. The van der Waals surface area contributed by atoms with Gasteiger partial charge in [-0.2, -0.15) is 0 Å². The van der Waals surface area contributed by atoms with Crippen LogP contribution in [0.5, 0.6) is 11.5 Å². The third-order valence-electron chi connectivity index (χ3n) is 4.43. The van der Waals surface area contributed by atoms with Crippen molar-refractivity contribution in [2.45, 2.75) is 13.5 Å². The first-order valence-electron chi connectivity index (χ1n) is 9.84. The highest BCUT2D eigenvalue weighted by molar-refractivity contribution is 6.01. The Labute approximate surface area is 184 Å². The minimum atomic E-state index is -0.280. The van der Waals surface area contributed by atoms with Crippen molar-refractivity contribution in [1.29, 1.82) is 0 Å². The number of anilines is 1. The topological polar surface area (TPSA) is 99.6 Å². The highest BCUT2D eigenvalue weighted by atomic mass is 16.5. The Balaban J connectivity index is 1.33. The SMILES string of the molecule is COc1ccc(-c2nnc(COc3cccc(NC(=O)C=Cc4ccc(C)o4)c3)o2)cc1. The molecule has 32 heavy (non-hydrogen) atoms. The lowest BCUT2D eigenvalue weighted by atomic mass is 10.2. The third kappa shape index (κ3) is 5.42. The second-order valence-corrected chi connectivity index (χ2v) is 6.82. The minimum absolute atomic E-state index is 0.0955. The predicted molar refractivity (Wildman–Crippen MR) is 118 cm³/mol. The van der Waals surface area contributed by atoms with Gasteiger partial charge in [0.25, 0.3) is 5.89 Å². The number of furan rings is 1. The number of methoxy groups -OCH3 is 1. The summed E-state index contributed by atoms with van der Waals surface area (Å²) in [4.78, 5) is 12.1. The van der Waals surface area contributed by atoms with Gasteiger partial charge >= 0.3 is 0 Å². The number of carbonyl (C=O) groups excluding carboxylic acids is 1. The fourth-order valence-corrected chi connectivity index (χ4v) is 2.86. The van der Waals surface area contributed by atoms with Crippen molar-refractivity contribution in [3.63, 3.8) is 0 Å². The van der Waals surface area contributed by atoms with E-state index in [1.807, 2.05) is 37.3 Å². The second kappa shape index (κ2) is 9.65. The van der Waals surface area contributed by atoms with Crippen molar-refractivity contribution in [2.75, 3.05) is 12.4 Å². The molecule has 1 amide bonds. The van der Waals surface area contributed by atoms with Gasteiger partial charge in [0.15, 0.2) is 6.61 Å². The van der Waals surface area contributed by atoms with Crippen LogP contribution in [0.3, 0.4) is 0 Å². The molecule has 0 aliphatic heterocycles. The molecule has 0 saturated carbocycles. The fourth-order valence-electron chi connectivity index (χ4n) is 2.86. The maximum atomic E-state index is 12.1. The molecule has 2 aromatic carbocycles. The number of aryl methyl sites for hydroxylation is 1. The zero-order chi connectivity index (χ0) is 22.3. The molecule has 0 radical (unpaired) electrons. The van der Waals surface area contributed by atoms with Crippen LogP contribution in [0, 0.1) is 6.92 Å². The van der Waals surface area contributed by atoms with Crippen molar-refractivity contribution in [2.24, 2.45) is 0 Å². The number of nitrogens with zero attached hydrogens (tertiary/aromatic N) is 2. The average molecular weight is 431 g/mol. The molecule has 2 heterocycles. The summed E-state index contributed by atoms with van der Waals surface area (Å²) >= 11 is 0. The molecule has 8 heteroatoms. The van der Waals surface area contributed by atoms with Gasteiger partial charge in [-0.3, -0.25) is 4.79 Å². The first-order valence-corrected chi connectivity index (χ1v) is 9.84. The van der Waals surface area contributed by atoms with Crippen molar-refractivity contribution >= 4 is 17.7 Å². The predicted octanol–water partition coefficient (Wildman–Crippen LogP) is 4.88. The molecule has 8 nitrogen and oxygen atoms in total. The van der Waals surface area contributed by atoms with Gasteiger partial charge in [0, 0.05) is 23.4 Å². The number of ether oxygens (including phenoxy) is 2. The number of benzene rings is 2. The van der Waals surface area contributed by atoms with E-state index in [1.54, 1.807) is 43.5 Å². The molecule has 0 fully saturated rings. The van der Waals surface area contributed by atoms with E-state index in [-0.39, 0.29) is 12.5 Å². The lowest BCUT2D eigenvalue weighted by molar-refractivity contribution is -0.111. The van der Waals surface area contributed by atoms with E-state index in [4.69, 9.17) is 18.3 Å². The molecule has 0 spiro atoms. The van der Waals surface area contributed by atoms with E-state index in [0.29, 0.717) is 29.0 Å². The van der Waals surface area contributed by atoms with Crippen LogP contribution in [-0.2, 0) is 11.4 Å². The summed E-state index contributed by atoms with van der Waals surface area (Å²) in [7, 11) is 1.61. The monoisotopic (exact) mass is 431 g/mol. The third-order valence-corrected chi connectivity index (χ3v) is 4.43. The summed E-state index contributed by atoms with van der Waals surface area (Å²) in [5.74, 6) is 3.15. The first-order chi connectivity index (χ1) is 15.6. The highest BCUT2D eigenvalue weighted by Gasteiger charge is 2.10. The highest BCUT2D eigenvalue weighted by Crippen LogP contribution is 2.22. The summed E-state index contributed by atoms with van der Waals surface area (Å²) in [5.41, 5.74) is 1.38. The largest absolute Gasteiger partial charge is 0.497 e. The molecule has 162 valence electrons. The Hall–Kier alpha value is -4.33. The zero-order valence-electron chi connectivity index (χ0n) is 17.6. The molecule has 0 unspecified atom stereocenters. The number of hydrogen-bond acceptors (Lipinski definition) is 7. The van der Waals surface area contributed by atoms with Crippen LogP contribution in [0.15, 0.2) is 75.6 Å². The van der Waals surface area contributed by atoms with Gasteiger partial charge in [-0.05, 0) is 61.5 Å². The smallest absolute Gasteiger partial charge is 0.254 e. The fraction of sp³-hybridized carbons (Fsp3) is 0.125. The number of rotatable bonds is 8. The van der Waals surface area contributed by atoms with E-state index in [2.05, 4.69) is 15.5 Å². The van der Waals surface area contributed by atoms with Crippen molar-refractivity contribution in [1.82, 2.24) is 10.2 Å². The quantitative estimate of drug-likeness (QED) is 0.397. The number of nitrogens with one attached hydrogen (secondary N) is 1. The Morgan fingerprint density at radius 3 is 2.62 bits per heavy atom. The summed E-state index contributed by atoms with van der Waals surface area (Å²) < 4.78 is 21.9. The number of aromatic nitrogens is 2. The van der Waals surface area contributed by atoms with E-state index < -0.39 is 0 Å². The number of hydrogen-bond donors (Lipinski definition) is 1. The Morgan fingerprint density at radius 1 is 1.03 bits per heavy atom. The molecular formula is C24H21N3O5. The van der Waals surface area contributed by atoms with Gasteiger partial charge in [0.05, 0.1) is 7.11 Å². The lowest BCUT2D eigenvalue weighted by Gasteiger charge is -2.06. The van der Waals surface area contributed by atoms with E-state index in [1.165, 1.54) is 6.08 Å². The summed E-state index contributed by atoms with van der Waals surface area (Å²) in [5, 5.41) is 10.8. The van der Waals surface area contributed by atoms with Crippen molar-refractivity contribution < 1.29 is 23.1 Å². The van der Waals surface area contributed by atoms with Gasteiger partial charge in [0.2, 0.25) is 11.8 Å². The minimum Gasteiger partial charge on any atom is -0.497 e. The molecule has 1 N–H and O–H groups in total. The standard InChI is InChI=1S/C24H21N3O5/c1-16-6-9-20(31-16)12-13-22(28)25-18-4-3-5-21(14-18)30-15-23-26-27-24(32-23)17-7-10-19(29-2)11-8-17/h3-14H,15H2,1-2H3,(H,25,28).